The predicted octanol–water partition coefficient (Wildman–Crippen LogP) is 3.21. The molecule has 0 saturated carbocycles. The molecule has 2 amide bonds. The fraction of sp³-hybridized carbons (Fsp3) is 0.263. The van der Waals surface area contributed by atoms with Gasteiger partial charge in [0.25, 0.3) is 5.91 Å². The van der Waals surface area contributed by atoms with E-state index in [1.54, 1.807) is 17.0 Å². The number of benzene rings is 1. The number of carboxylic acids is 1. The molecule has 2 aliphatic heterocycles. The van der Waals surface area contributed by atoms with Crippen molar-refractivity contribution in [2.24, 2.45) is 0 Å². The van der Waals surface area contributed by atoms with E-state index >= 15 is 0 Å². The smallest absolute Gasteiger partial charge is 0.335 e. The van der Waals surface area contributed by atoms with E-state index in [1.807, 2.05) is 0 Å². The third-order valence-electron chi connectivity index (χ3n) is 5.38. The first-order valence-corrected chi connectivity index (χ1v) is 9.37. The Bertz CT molecular complexity index is 1020. The number of fused-ring (bicyclic) bond motifs is 2. The van der Waals surface area contributed by atoms with Crippen LogP contribution in [0.2, 0.25) is 10.0 Å². The van der Waals surface area contributed by atoms with Gasteiger partial charge in [0.15, 0.2) is 0 Å². The molecule has 9 heteroatoms. The lowest BCUT2D eigenvalue weighted by Gasteiger charge is -2.38. The summed E-state index contributed by atoms with van der Waals surface area (Å²) in [6.45, 7) is 0.646. The Morgan fingerprint density at radius 1 is 1.18 bits per heavy atom. The maximum atomic E-state index is 12.8. The van der Waals surface area contributed by atoms with E-state index in [0.29, 0.717) is 42.2 Å². The topological polar surface area (TPSA) is 99.6 Å². The van der Waals surface area contributed by atoms with E-state index in [-0.39, 0.29) is 28.1 Å². The number of rotatable bonds is 2. The van der Waals surface area contributed by atoms with Crippen LogP contribution in [0.25, 0.3) is 0 Å². The van der Waals surface area contributed by atoms with Crippen LogP contribution >= 0.6 is 23.2 Å². The minimum Gasteiger partial charge on any atom is -0.478 e. The SMILES string of the molecule is O=C(O)c1ccc2c(c1)C1(CCN(C(=O)c3ncc(Cl)cc3Cl)CC1)C(=O)N2. The first kappa shape index (κ1) is 18.7. The molecule has 1 saturated heterocycles. The molecule has 4 rings (SSSR count). The molecule has 0 unspecified atom stereocenters. The van der Waals surface area contributed by atoms with Crippen molar-refractivity contribution in [3.63, 3.8) is 0 Å². The standard InChI is InChI=1S/C19H15Cl2N3O4/c20-11-8-13(21)15(22-9-11)16(25)24-5-3-19(4-6-24)12-7-10(17(26)27)1-2-14(12)23-18(19)28/h1-2,7-9H,3-6H2,(H,23,28)(H,26,27). The van der Waals surface area contributed by atoms with Crippen molar-refractivity contribution in [1.82, 2.24) is 9.88 Å². The zero-order valence-electron chi connectivity index (χ0n) is 14.5. The Morgan fingerprint density at radius 3 is 2.54 bits per heavy atom. The van der Waals surface area contributed by atoms with Crippen LogP contribution in [0.15, 0.2) is 30.5 Å². The van der Waals surface area contributed by atoms with Gasteiger partial charge in [-0.05, 0) is 42.7 Å². The molecule has 1 aromatic heterocycles. The van der Waals surface area contributed by atoms with Crippen molar-refractivity contribution in [2.75, 3.05) is 18.4 Å². The Labute approximate surface area is 170 Å². The molecule has 1 aromatic carbocycles. The van der Waals surface area contributed by atoms with E-state index in [0.717, 1.165) is 0 Å². The lowest BCUT2D eigenvalue weighted by molar-refractivity contribution is -0.122. The maximum Gasteiger partial charge on any atom is 0.335 e. The summed E-state index contributed by atoms with van der Waals surface area (Å²) in [7, 11) is 0. The van der Waals surface area contributed by atoms with E-state index in [1.165, 1.54) is 18.3 Å². The molecule has 0 bridgehead atoms. The summed E-state index contributed by atoms with van der Waals surface area (Å²) in [5.41, 5.74) is 0.704. The molecule has 2 aliphatic rings. The second kappa shape index (κ2) is 6.76. The van der Waals surface area contributed by atoms with Gasteiger partial charge in [-0.1, -0.05) is 23.2 Å². The highest BCUT2D eigenvalue weighted by atomic mass is 35.5. The lowest BCUT2D eigenvalue weighted by Crippen LogP contribution is -2.48. The second-order valence-corrected chi connectivity index (χ2v) is 7.72. The number of carbonyl (C=O) groups excluding carboxylic acids is 2. The normalized spacial score (nSPS) is 17.4. The van der Waals surface area contributed by atoms with E-state index in [9.17, 15) is 19.5 Å². The van der Waals surface area contributed by atoms with Crippen LogP contribution in [0.3, 0.4) is 0 Å². The highest BCUT2D eigenvalue weighted by molar-refractivity contribution is 6.36. The molecule has 1 spiro atoms. The lowest BCUT2D eigenvalue weighted by atomic mass is 9.73. The number of aromatic carboxylic acids is 1. The Hall–Kier alpha value is -2.64. The molecule has 144 valence electrons. The van der Waals surface area contributed by atoms with Crippen LogP contribution in [-0.2, 0) is 10.2 Å². The maximum absolute atomic E-state index is 12.8. The number of nitrogens with zero attached hydrogens (tertiary/aromatic N) is 2. The summed E-state index contributed by atoms with van der Waals surface area (Å²) in [5.74, 6) is -1.54. The van der Waals surface area contributed by atoms with Crippen LogP contribution in [0, 0.1) is 0 Å². The molecule has 3 heterocycles. The molecule has 1 fully saturated rings. The van der Waals surface area contributed by atoms with E-state index in [2.05, 4.69) is 10.3 Å². The van der Waals surface area contributed by atoms with Gasteiger partial charge < -0.3 is 15.3 Å². The second-order valence-electron chi connectivity index (χ2n) is 6.88. The minimum absolute atomic E-state index is 0.117. The summed E-state index contributed by atoms with van der Waals surface area (Å²) < 4.78 is 0. The minimum atomic E-state index is -1.05. The van der Waals surface area contributed by atoms with Gasteiger partial charge in [0.2, 0.25) is 5.91 Å². The number of pyridine rings is 1. The number of carboxylic acid groups (broad SMARTS) is 1. The van der Waals surface area contributed by atoms with Crippen molar-refractivity contribution in [2.45, 2.75) is 18.3 Å². The fourth-order valence-corrected chi connectivity index (χ4v) is 4.32. The summed E-state index contributed by atoms with van der Waals surface area (Å²) >= 11 is 11.9. The van der Waals surface area contributed by atoms with Gasteiger partial charge in [0.05, 0.1) is 21.0 Å². The number of hydrogen-bond donors (Lipinski definition) is 2. The van der Waals surface area contributed by atoms with Crippen molar-refractivity contribution < 1.29 is 19.5 Å². The highest BCUT2D eigenvalue weighted by Gasteiger charge is 2.49. The van der Waals surface area contributed by atoms with Crippen molar-refractivity contribution in [3.05, 3.63) is 57.3 Å². The number of nitrogens with one attached hydrogen (secondary N) is 1. The summed E-state index contributed by atoms with van der Waals surface area (Å²) in [5, 5.41) is 12.6. The number of halogens is 2. The number of piperidine rings is 1. The number of carbonyl (C=O) groups is 3. The van der Waals surface area contributed by atoms with Gasteiger partial charge in [0, 0.05) is 25.0 Å². The third-order valence-corrected chi connectivity index (χ3v) is 5.87. The number of hydrogen-bond acceptors (Lipinski definition) is 4. The van der Waals surface area contributed by atoms with Crippen molar-refractivity contribution in [3.8, 4) is 0 Å². The van der Waals surface area contributed by atoms with Crippen LogP contribution in [-0.4, -0.2) is 45.9 Å². The van der Waals surface area contributed by atoms with Crippen LogP contribution in [0.5, 0.6) is 0 Å². The van der Waals surface area contributed by atoms with Gasteiger partial charge >= 0.3 is 5.97 Å². The molecule has 0 aliphatic carbocycles. The van der Waals surface area contributed by atoms with Gasteiger partial charge in [-0.25, -0.2) is 9.78 Å². The molecule has 0 radical (unpaired) electrons. The largest absolute Gasteiger partial charge is 0.478 e. The fourth-order valence-electron chi connectivity index (χ4n) is 3.86. The van der Waals surface area contributed by atoms with Crippen LogP contribution in [0.4, 0.5) is 5.69 Å². The highest BCUT2D eigenvalue weighted by Crippen LogP contribution is 2.45. The first-order valence-electron chi connectivity index (χ1n) is 8.61. The van der Waals surface area contributed by atoms with Crippen molar-refractivity contribution in [1.29, 1.82) is 0 Å². The molecule has 2 N–H and O–H groups in total. The quantitative estimate of drug-likeness (QED) is 0.778. The average Bonchev–Trinajstić information content (AvgIpc) is 2.93. The van der Waals surface area contributed by atoms with Gasteiger partial charge in [-0.2, -0.15) is 0 Å². The first-order chi connectivity index (χ1) is 13.3. The number of amides is 2. The number of aromatic nitrogens is 1. The van der Waals surface area contributed by atoms with Gasteiger partial charge in [0.1, 0.15) is 5.69 Å². The summed E-state index contributed by atoms with van der Waals surface area (Å²) in [6.07, 6.45) is 2.12. The Balaban J connectivity index is 1.59. The Kier molecular flexibility index (Phi) is 4.51. The van der Waals surface area contributed by atoms with Gasteiger partial charge in [-0.3, -0.25) is 9.59 Å². The van der Waals surface area contributed by atoms with Crippen LogP contribution in [0.1, 0.15) is 39.3 Å². The number of likely N-dealkylation sites (tertiary alicyclic amines) is 1. The third kappa shape index (κ3) is 2.91. The van der Waals surface area contributed by atoms with Crippen molar-refractivity contribution >= 4 is 46.7 Å². The van der Waals surface area contributed by atoms with E-state index in [4.69, 9.17) is 23.2 Å². The molecule has 7 nitrogen and oxygen atoms in total. The van der Waals surface area contributed by atoms with Gasteiger partial charge in [-0.15, -0.1) is 0 Å². The molecular formula is C19H15Cl2N3O4. The molecular weight excluding hydrogens is 405 g/mol. The number of anilines is 1. The summed E-state index contributed by atoms with van der Waals surface area (Å²) in [4.78, 5) is 42.4. The summed E-state index contributed by atoms with van der Waals surface area (Å²) in [6, 6.07) is 6.08. The van der Waals surface area contributed by atoms with E-state index < -0.39 is 11.4 Å². The van der Waals surface area contributed by atoms with Crippen LogP contribution < -0.4 is 5.32 Å². The Morgan fingerprint density at radius 2 is 1.89 bits per heavy atom. The zero-order chi connectivity index (χ0) is 20.1. The zero-order valence-corrected chi connectivity index (χ0v) is 16.0. The molecule has 0 atom stereocenters. The monoisotopic (exact) mass is 419 g/mol. The molecule has 28 heavy (non-hydrogen) atoms. The average molecular weight is 420 g/mol. The molecule has 2 aromatic rings. The predicted molar refractivity (Wildman–Crippen MR) is 103 cm³/mol.